The summed E-state index contributed by atoms with van der Waals surface area (Å²) in [5, 5.41) is 9.28. The van der Waals surface area contributed by atoms with Crippen LogP contribution in [0, 0.1) is 5.82 Å². The van der Waals surface area contributed by atoms with Gasteiger partial charge in [-0.1, -0.05) is 24.3 Å². The van der Waals surface area contributed by atoms with Crippen molar-refractivity contribution >= 4 is 29.1 Å². The Hall–Kier alpha value is -4.18. The zero-order chi connectivity index (χ0) is 24.5. The van der Waals surface area contributed by atoms with Crippen molar-refractivity contribution in [2.24, 2.45) is 7.05 Å². The molecule has 1 atom stereocenters. The fourth-order valence-corrected chi connectivity index (χ4v) is 4.93. The van der Waals surface area contributed by atoms with E-state index in [-0.39, 0.29) is 18.7 Å². The van der Waals surface area contributed by atoms with Gasteiger partial charge in [-0.25, -0.2) is 9.37 Å². The lowest BCUT2D eigenvalue weighted by Crippen LogP contribution is -2.47. The second kappa shape index (κ2) is 9.22. The quantitative estimate of drug-likeness (QED) is 0.402. The largest absolute Gasteiger partial charge is 0.346 e. The van der Waals surface area contributed by atoms with Gasteiger partial charge in [-0.15, -0.1) is 11.3 Å². The summed E-state index contributed by atoms with van der Waals surface area (Å²) >= 11 is 1.31. The number of aromatic nitrogens is 3. The Morgan fingerprint density at radius 2 is 1.83 bits per heavy atom. The van der Waals surface area contributed by atoms with Crippen molar-refractivity contribution in [3.63, 3.8) is 0 Å². The summed E-state index contributed by atoms with van der Waals surface area (Å²) in [4.78, 5) is 44.4. The number of nitrogens with zero attached hydrogens (tertiary/aromatic N) is 4. The van der Waals surface area contributed by atoms with Gasteiger partial charge in [-0.2, -0.15) is 5.10 Å². The van der Waals surface area contributed by atoms with Crippen LogP contribution in [0.15, 0.2) is 66.2 Å². The Bertz CT molecular complexity index is 1410. The van der Waals surface area contributed by atoms with Gasteiger partial charge in [0.15, 0.2) is 0 Å². The molecule has 0 spiro atoms. The highest BCUT2D eigenvalue weighted by Crippen LogP contribution is 2.24. The van der Waals surface area contributed by atoms with Gasteiger partial charge in [0.2, 0.25) is 0 Å². The first-order valence-electron chi connectivity index (χ1n) is 10.8. The fourth-order valence-electron chi connectivity index (χ4n) is 4.07. The molecule has 0 saturated heterocycles. The van der Waals surface area contributed by atoms with Crippen molar-refractivity contribution in [2.75, 3.05) is 6.54 Å². The van der Waals surface area contributed by atoms with Gasteiger partial charge in [0, 0.05) is 25.2 Å². The maximum absolute atomic E-state index is 13.8. The van der Waals surface area contributed by atoms with Gasteiger partial charge in [-0.05, 0) is 42.3 Å². The van der Waals surface area contributed by atoms with E-state index in [2.05, 4.69) is 15.4 Å². The lowest BCUT2D eigenvalue weighted by atomic mass is 10.0. The van der Waals surface area contributed by atoms with Gasteiger partial charge in [-0.3, -0.25) is 24.0 Å². The molecular weight excluding hydrogens is 469 g/mol. The third-order valence-electron chi connectivity index (χ3n) is 5.76. The summed E-state index contributed by atoms with van der Waals surface area (Å²) in [5.41, 5.74) is 2.26. The first-order valence-corrected chi connectivity index (χ1v) is 11.7. The van der Waals surface area contributed by atoms with E-state index in [4.69, 9.17) is 0 Å². The molecule has 3 amide bonds. The number of fused-ring (bicyclic) bond motifs is 1. The fraction of sp³-hybridized carbons (Fsp3) is 0.160. The van der Waals surface area contributed by atoms with Crippen molar-refractivity contribution in [1.82, 2.24) is 25.0 Å². The number of halogens is 1. The summed E-state index contributed by atoms with van der Waals surface area (Å²) in [6.07, 6.45) is 1.86. The van der Waals surface area contributed by atoms with E-state index in [1.165, 1.54) is 23.5 Å². The van der Waals surface area contributed by atoms with E-state index >= 15 is 0 Å². The average molecular weight is 490 g/mol. The van der Waals surface area contributed by atoms with Gasteiger partial charge >= 0.3 is 0 Å². The number of carbonyl (C=O) groups excluding carboxylic acids is 3. The Morgan fingerprint density at radius 1 is 1.09 bits per heavy atom. The van der Waals surface area contributed by atoms with Crippen LogP contribution >= 0.6 is 11.3 Å². The average Bonchev–Trinajstić information content (AvgIpc) is 3.55. The number of rotatable bonds is 7. The third-order valence-corrected chi connectivity index (χ3v) is 6.63. The van der Waals surface area contributed by atoms with E-state index in [1.54, 1.807) is 65.8 Å². The molecular formula is C25H20FN5O3S. The molecule has 3 heterocycles. The monoisotopic (exact) mass is 489 g/mol. The van der Waals surface area contributed by atoms with Gasteiger partial charge in [0.1, 0.15) is 16.5 Å². The second-order valence-electron chi connectivity index (χ2n) is 8.15. The van der Waals surface area contributed by atoms with Crippen molar-refractivity contribution in [1.29, 1.82) is 0 Å². The minimum absolute atomic E-state index is 0.0622. The van der Waals surface area contributed by atoms with Crippen LogP contribution < -0.4 is 5.32 Å². The normalized spacial score (nSPS) is 13.7. The molecule has 0 radical (unpaired) electrons. The molecule has 0 bridgehead atoms. The molecule has 1 unspecified atom stereocenters. The van der Waals surface area contributed by atoms with Crippen LogP contribution in [0.4, 0.5) is 4.39 Å². The molecule has 1 aliphatic heterocycles. The zero-order valence-corrected chi connectivity index (χ0v) is 19.5. The molecule has 1 N–H and O–H groups in total. The first-order chi connectivity index (χ1) is 16.9. The number of aryl methyl sites for hydroxylation is 1. The van der Waals surface area contributed by atoms with E-state index in [0.717, 1.165) is 10.6 Å². The Labute approximate surface area is 204 Å². The number of amides is 3. The van der Waals surface area contributed by atoms with Crippen LogP contribution in [-0.2, 0) is 13.5 Å². The first kappa shape index (κ1) is 22.6. The molecule has 176 valence electrons. The number of thiazole rings is 1. The van der Waals surface area contributed by atoms with Crippen molar-refractivity contribution < 1.29 is 18.8 Å². The van der Waals surface area contributed by atoms with Gasteiger partial charge in [0.05, 0.1) is 22.9 Å². The van der Waals surface area contributed by atoms with Crippen molar-refractivity contribution in [3.05, 3.63) is 94.4 Å². The van der Waals surface area contributed by atoms with Crippen LogP contribution in [-0.4, -0.2) is 50.0 Å². The summed E-state index contributed by atoms with van der Waals surface area (Å²) < 4.78 is 15.5. The van der Waals surface area contributed by atoms with Gasteiger partial charge in [0.25, 0.3) is 17.7 Å². The maximum Gasteiger partial charge on any atom is 0.271 e. The maximum atomic E-state index is 13.8. The minimum atomic E-state index is -0.659. The predicted molar refractivity (Wildman–Crippen MR) is 127 cm³/mol. The number of benzene rings is 2. The topological polar surface area (TPSA) is 97.2 Å². The van der Waals surface area contributed by atoms with Crippen molar-refractivity contribution in [2.45, 2.75) is 12.5 Å². The van der Waals surface area contributed by atoms with E-state index in [9.17, 15) is 18.8 Å². The van der Waals surface area contributed by atoms with Crippen LogP contribution in [0.25, 0.3) is 10.7 Å². The minimum Gasteiger partial charge on any atom is -0.346 e. The molecule has 5 rings (SSSR count). The molecule has 8 nitrogen and oxygen atoms in total. The molecule has 2 aromatic heterocycles. The standard InChI is InChI=1S/C25H20FN5O3S/c1-30-21(9-10-27-30)23-29-20(14-35-23)22(32)28-17(12-15-5-4-6-16(26)11-15)13-31-24(33)18-7-2-3-8-19(18)25(31)34/h2-11,14,17H,12-13H2,1H3,(H,28,32). The number of hydrogen-bond donors (Lipinski definition) is 1. The highest BCUT2D eigenvalue weighted by molar-refractivity contribution is 7.13. The molecule has 0 saturated carbocycles. The Morgan fingerprint density at radius 3 is 2.49 bits per heavy atom. The lowest BCUT2D eigenvalue weighted by Gasteiger charge is -2.23. The highest BCUT2D eigenvalue weighted by Gasteiger charge is 2.36. The molecule has 35 heavy (non-hydrogen) atoms. The van der Waals surface area contributed by atoms with E-state index in [0.29, 0.717) is 21.7 Å². The van der Waals surface area contributed by atoms with Crippen LogP contribution in [0.5, 0.6) is 0 Å². The van der Waals surface area contributed by atoms with Crippen LogP contribution in [0.2, 0.25) is 0 Å². The van der Waals surface area contributed by atoms with E-state index < -0.39 is 29.6 Å². The zero-order valence-electron chi connectivity index (χ0n) is 18.6. The third kappa shape index (κ3) is 4.47. The number of nitrogens with one attached hydrogen (secondary N) is 1. The molecule has 1 aliphatic rings. The second-order valence-corrected chi connectivity index (χ2v) is 9.01. The molecule has 10 heteroatoms. The molecule has 0 aliphatic carbocycles. The molecule has 4 aromatic rings. The van der Waals surface area contributed by atoms with Crippen molar-refractivity contribution in [3.8, 4) is 10.7 Å². The number of hydrogen-bond acceptors (Lipinski definition) is 6. The Balaban J connectivity index is 1.38. The highest BCUT2D eigenvalue weighted by atomic mass is 32.1. The van der Waals surface area contributed by atoms with Crippen LogP contribution in [0.3, 0.4) is 0 Å². The molecule has 2 aromatic carbocycles. The number of carbonyl (C=O) groups is 3. The molecule has 0 fully saturated rings. The van der Waals surface area contributed by atoms with E-state index in [1.807, 2.05) is 0 Å². The predicted octanol–water partition coefficient (Wildman–Crippen LogP) is 3.32. The summed E-state index contributed by atoms with van der Waals surface area (Å²) in [7, 11) is 1.79. The summed E-state index contributed by atoms with van der Waals surface area (Å²) in [6.45, 7) is -0.0622. The van der Waals surface area contributed by atoms with Gasteiger partial charge < -0.3 is 5.32 Å². The Kier molecular flexibility index (Phi) is 5.96. The van der Waals surface area contributed by atoms with Crippen LogP contribution in [0.1, 0.15) is 36.8 Å². The lowest BCUT2D eigenvalue weighted by molar-refractivity contribution is 0.0628. The SMILES string of the molecule is Cn1nccc1-c1nc(C(=O)NC(Cc2cccc(F)c2)CN2C(=O)c3ccccc3C2=O)cs1. The summed E-state index contributed by atoms with van der Waals surface area (Å²) in [6, 6.07) is 13.7. The number of imide groups is 1. The smallest absolute Gasteiger partial charge is 0.271 e. The summed E-state index contributed by atoms with van der Waals surface area (Å²) in [5.74, 6) is -1.70.